The maximum Gasteiger partial charge on any atom is 0.188 e. The van der Waals surface area contributed by atoms with E-state index in [1.54, 1.807) is 7.11 Å². The highest BCUT2D eigenvalue weighted by Gasteiger charge is 2.10. The van der Waals surface area contributed by atoms with Gasteiger partial charge in [-0.25, -0.2) is 0 Å². The first-order valence-electron chi connectivity index (χ1n) is 7.31. The van der Waals surface area contributed by atoms with Crippen LogP contribution in [-0.2, 0) is 14.2 Å². The first-order valence-corrected chi connectivity index (χ1v) is 7.31. The summed E-state index contributed by atoms with van der Waals surface area (Å²) in [5.41, 5.74) is 4.08. The predicted octanol–water partition coefficient (Wildman–Crippen LogP) is 2.86. The molecule has 1 rings (SSSR count). The summed E-state index contributed by atoms with van der Waals surface area (Å²) in [5.74, 6) is 0.0231. The molecule has 0 unspecified atom stereocenters. The molecule has 0 bridgehead atoms. The molecule has 0 amide bonds. The Morgan fingerprint density at radius 3 is 2.29 bits per heavy atom. The van der Waals surface area contributed by atoms with Crippen LogP contribution in [0.15, 0.2) is 12.1 Å². The number of carbonyl (C=O) groups excluding carboxylic acids is 1. The van der Waals surface area contributed by atoms with Crippen molar-refractivity contribution in [1.29, 1.82) is 0 Å². The van der Waals surface area contributed by atoms with E-state index in [0.29, 0.717) is 26.4 Å². The summed E-state index contributed by atoms with van der Waals surface area (Å²) in [6.07, 6.45) is 0.872. The number of carbonyl (C=O) groups is 1. The summed E-state index contributed by atoms with van der Waals surface area (Å²) < 4.78 is 15.7. The highest BCUT2D eigenvalue weighted by molar-refractivity contribution is 5.98. The fraction of sp³-hybridized carbons (Fsp3) is 0.588. The molecule has 0 aliphatic heterocycles. The van der Waals surface area contributed by atoms with Crippen LogP contribution >= 0.6 is 0 Å². The molecular weight excluding hydrogens is 268 g/mol. The van der Waals surface area contributed by atoms with E-state index in [0.717, 1.165) is 23.1 Å². The molecule has 0 aliphatic carbocycles. The van der Waals surface area contributed by atoms with E-state index in [4.69, 9.17) is 14.2 Å². The third-order valence-corrected chi connectivity index (χ3v) is 3.38. The number of aryl methyl sites for hydroxylation is 3. The number of methoxy groups -OCH3 is 1. The zero-order valence-electron chi connectivity index (χ0n) is 13.5. The molecule has 0 atom stereocenters. The summed E-state index contributed by atoms with van der Waals surface area (Å²) in [7, 11) is 1.67. The lowest BCUT2D eigenvalue weighted by atomic mass is 9.98. The average molecular weight is 294 g/mol. The Bertz CT molecular complexity index is 454. The van der Waals surface area contributed by atoms with Crippen molar-refractivity contribution in [1.82, 2.24) is 0 Å². The standard InChI is InChI=1S/C17H26O4/c1-13-10-15(3)16(11-14(13)2)17(18)12-21-9-8-20-7-5-6-19-4/h10-11H,5-9,12H2,1-4H3. The van der Waals surface area contributed by atoms with Crippen LogP contribution in [0.1, 0.15) is 33.5 Å². The highest BCUT2D eigenvalue weighted by Crippen LogP contribution is 2.15. The SMILES string of the molecule is COCCCOCCOCC(=O)c1cc(C)c(C)cc1C. The van der Waals surface area contributed by atoms with Crippen molar-refractivity contribution in [3.63, 3.8) is 0 Å². The lowest BCUT2D eigenvalue weighted by Crippen LogP contribution is -2.14. The number of ketones is 1. The minimum atomic E-state index is 0.0231. The van der Waals surface area contributed by atoms with Gasteiger partial charge >= 0.3 is 0 Å². The second kappa shape index (κ2) is 9.66. The van der Waals surface area contributed by atoms with Gasteiger partial charge in [0.15, 0.2) is 5.78 Å². The molecule has 118 valence electrons. The highest BCUT2D eigenvalue weighted by atomic mass is 16.5. The van der Waals surface area contributed by atoms with E-state index in [2.05, 4.69) is 0 Å². The summed E-state index contributed by atoms with van der Waals surface area (Å²) in [5, 5.41) is 0. The Morgan fingerprint density at radius 1 is 0.905 bits per heavy atom. The Labute approximate surface area is 127 Å². The molecule has 4 nitrogen and oxygen atoms in total. The Kier molecular flexibility index (Phi) is 8.20. The first-order chi connectivity index (χ1) is 10.1. The van der Waals surface area contributed by atoms with E-state index >= 15 is 0 Å². The van der Waals surface area contributed by atoms with Crippen LogP contribution in [0, 0.1) is 20.8 Å². The van der Waals surface area contributed by atoms with Crippen molar-refractivity contribution in [2.75, 3.05) is 40.1 Å². The average Bonchev–Trinajstić information content (AvgIpc) is 2.45. The van der Waals surface area contributed by atoms with Gasteiger partial charge in [0, 0.05) is 25.9 Å². The molecule has 0 heterocycles. The summed E-state index contributed by atoms with van der Waals surface area (Å²) in [6, 6.07) is 3.99. The van der Waals surface area contributed by atoms with E-state index in [-0.39, 0.29) is 12.4 Å². The summed E-state index contributed by atoms with van der Waals surface area (Å²) in [6.45, 7) is 8.41. The molecule has 0 aromatic heterocycles. The van der Waals surface area contributed by atoms with E-state index < -0.39 is 0 Å². The molecule has 0 saturated carbocycles. The third-order valence-electron chi connectivity index (χ3n) is 3.38. The molecule has 0 saturated heterocycles. The second-order valence-electron chi connectivity index (χ2n) is 5.19. The monoisotopic (exact) mass is 294 g/mol. The van der Waals surface area contributed by atoms with Gasteiger partial charge in [0.1, 0.15) is 6.61 Å². The van der Waals surface area contributed by atoms with Gasteiger partial charge in [-0.1, -0.05) is 6.07 Å². The molecule has 1 aromatic rings. The smallest absolute Gasteiger partial charge is 0.188 e. The fourth-order valence-electron chi connectivity index (χ4n) is 2.03. The predicted molar refractivity (Wildman–Crippen MR) is 83.1 cm³/mol. The molecule has 0 N–H and O–H groups in total. The Hall–Kier alpha value is -1.23. The van der Waals surface area contributed by atoms with Gasteiger partial charge in [0.05, 0.1) is 13.2 Å². The minimum absolute atomic E-state index is 0.0231. The topological polar surface area (TPSA) is 44.8 Å². The van der Waals surface area contributed by atoms with Crippen LogP contribution < -0.4 is 0 Å². The van der Waals surface area contributed by atoms with Gasteiger partial charge < -0.3 is 14.2 Å². The van der Waals surface area contributed by atoms with Crippen molar-refractivity contribution in [2.45, 2.75) is 27.2 Å². The fourth-order valence-corrected chi connectivity index (χ4v) is 2.03. The van der Waals surface area contributed by atoms with Gasteiger partial charge in [-0.2, -0.15) is 0 Å². The number of ether oxygens (including phenoxy) is 3. The van der Waals surface area contributed by atoms with Gasteiger partial charge in [-0.3, -0.25) is 4.79 Å². The summed E-state index contributed by atoms with van der Waals surface area (Å²) >= 11 is 0. The second-order valence-corrected chi connectivity index (χ2v) is 5.19. The zero-order chi connectivity index (χ0) is 15.7. The van der Waals surface area contributed by atoms with Crippen LogP contribution in [0.5, 0.6) is 0 Å². The van der Waals surface area contributed by atoms with Crippen molar-refractivity contribution < 1.29 is 19.0 Å². The maximum absolute atomic E-state index is 12.1. The molecule has 0 aliphatic rings. The molecule has 4 heteroatoms. The number of benzene rings is 1. The Balaban J connectivity index is 2.27. The number of hydrogen-bond donors (Lipinski definition) is 0. The minimum Gasteiger partial charge on any atom is -0.385 e. The Morgan fingerprint density at radius 2 is 1.57 bits per heavy atom. The van der Waals surface area contributed by atoms with E-state index in [1.165, 1.54) is 5.56 Å². The van der Waals surface area contributed by atoms with Crippen molar-refractivity contribution in [2.24, 2.45) is 0 Å². The molecule has 1 aromatic carbocycles. The molecular formula is C17H26O4. The van der Waals surface area contributed by atoms with Gasteiger partial charge in [0.2, 0.25) is 0 Å². The largest absolute Gasteiger partial charge is 0.385 e. The van der Waals surface area contributed by atoms with Crippen molar-refractivity contribution >= 4 is 5.78 Å². The summed E-state index contributed by atoms with van der Waals surface area (Å²) in [4.78, 5) is 12.1. The molecule has 0 radical (unpaired) electrons. The number of hydrogen-bond acceptors (Lipinski definition) is 4. The number of Topliss-reactive ketones (excluding diaryl/α,β-unsaturated/α-hetero) is 1. The van der Waals surface area contributed by atoms with Crippen LogP contribution in [0.25, 0.3) is 0 Å². The van der Waals surface area contributed by atoms with Crippen LogP contribution in [0.4, 0.5) is 0 Å². The molecule has 21 heavy (non-hydrogen) atoms. The quantitative estimate of drug-likeness (QED) is 0.492. The van der Waals surface area contributed by atoms with Gasteiger partial charge in [-0.15, -0.1) is 0 Å². The third kappa shape index (κ3) is 6.38. The lowest BCUT2D eigenvalue weighted by molar-refractivity contribution is 0.0382. The lowest BCUT2D eigenvalue weighted by Gasteiger charge is -2.09. The normalized spacial score (nSPS) is 10.9. The van der Waals surface area contributed by atoms with E-state index in [9.17, 15) is 4.79 Å². The zero-order valence-corrected chi connectivity index (χ0v) is 13.5. The first kappa shape index (κ1) is 17.8. The maximum atomic E-state index is 12.1. The van der Waals surface area contributed by atoms with E-state index in [1.807, 2.05) is 32.9 Å². The van der Waals surface area contributed by atoms with Crippen LogP contribution in [-0.4, -0.2) is 45.9 Å². The van der Waals surface area contributed by atoms with Crippen LogP contribution in [0.2, 0.25) is 0 Å². The van der Waals surface area contributed by atoms with Crippen LogP contribution in [0.3, 0.4) is 0 Å². The van der Waals surface area contributed by atoms with Crippen molar-refractivity contribution in [3.8, 4) is 0 Å². The van der Waals surface area contributed by atoms with Gasteiger partial charge in [0.25, 0.3) is 0 Å². The molecule has 0 fully saturated rings. The van der Waals surface area contributed by atoms with Gasteiger partial charge in [-0.05, 0) is 49.9 Å². The molecule has 0 spiro atoms. The van der Waals surface area contributed by atoms with Crippen molar-refractivity contribution in [3.05, 3.63) is 34.4 Å². The number of rotatable bonds is 10.